The summed E-state index contributed by atoms with van der Waals surface area (Å²) >= 11 is 0. The summed E-state index contributed by atoms with van der Waals surface area (Å²) in [6, 6.07) is 3.41. The predicted molar refractivity (Wildman–Crippen MR) is 80.5 cm³/mol. The predicted octanol–water partition coefficient (Wildman–Crippen LogP) is 1.08. The Hall–Kier alpha value is -1.73. The van der Waals surface area contributed by atoms with Gasteiger partial charge in [-0.2, -0.15) is 0 Å². The maximum Gasteiger partial charge on any atom is 0.271 e. The lowest BCUT2D eigenvalue weighted by Gasteiger charge is -2.06. The van der Waals surface area contributed by atoms with Gasteiger partial charge in [-0.15, -0.1) is 10.2 Å². The van der Waals surface area contributed by atoms with Gasteiger partial charge in [-0.1, -0.05) is 0 Å². The first-order chi connectivity index (χ1) is 10.3. The number of hydrogen-bond acceptors (Lipinski definition) is 6. The standard InChI is InChI=1S/C14H24N4O3/c1-3-15-13-7-6-12(17-18-13)14(19)16-8-4-5-9-21-11-10-20-2/h6-7H,3-5,8-11H2,1-2H3,(H,15,18)(H,16,19). The molecule has 0 saturated heterocycles. The van der Waals surface area contributed by atoms with Crippen molar-refractivity contribution >= 4 is 11.7 Å². The van der Waals surface area contributed by atoms with Gasteiger partial charge in [-0.25, -0.2) is 0 Å². The lowest BCUT2D eigenvalue weighted by Crippen LogP contribution is -2.26. The van der Waals surface area contributed by atoms with E-state index in [-0.39, 0.29) is 5.91 Å². The van der Waals surface area contributed by atoms with E-state index in [0.29, 0.717) is 37.9 Å². The fraction of sp³-hybridized carbons (Fsp3) is 0.643. The molecule has 0 saturated carbocycles. The third-order valence-corrected chi connectivity index (χ3v) is 2.69. The lowest BCUT2D eigenvalue weighted by molar-refractivity contribution is 0.0686. The Morgan fingerprint density at radius 3 is 2.71 bits per heavy atom. The molecule has 0 fully saturated rings. The van der Waals surface area contributed by atoms with Crippen LogP contribution in [0.25, 0.3) is 0 Å². The Kier molecular flexibility index (Phi) is 9.06. The molecule has 21 heavy (non-hydrogen) atoms. The van der Waals surface area contributed by atoms with Crippen LogP contribution in [0.3, 0.4) is 0 Å². The summed E-state index contributed by atoms with van der Waals surface area (Å²) in [4.78, 5) is 11.8. The molecule has 1 heterocycles. The Balaban J connectivity index is 2.13. The van der Waals surface area contributed by atoms with Crippen LogP contribution in [0.2, 0.25) is 0 Å². The molecule has 7 heteroatoms. The van der Waals surface area contributed by atoms with Crippen LogP contribution < -0.4 is 10.6 Å². The SMILES string of the molecule is CCNc1ccc(C(=O)NCCCCOCCOC)nn1. The van der Waals surface area contributed by atoms with Crippen LogP contribution in [0.4, 0.5) is 5.82 Å². The number of amides is 1. The molecular weight excluding hydrogens is 272 g/mol. The zero-order valence-electron chi connectivity index (χ0n) is 12.7. The van der Waals surface area contributed by atoms with E-state index in [1.54, 1.807) is 19.2 Å². The molecule has 1 rings (SSSR count). The second-order valence-electron chi connectivity index (χ2n) is 4.40. The van der Waals surface area contributed by atoms with Gasteiger partial charge in [0.2, 0.25) is 0 Å². The van der Waals surface area contributed by atoms with Crippen molar-refractivity contribution in [2.24, 2.45) is 0 Å². The quantitative estimate of drug-likeness (QED) is 0.594. The van der Waals surface area contributed by atoms with Crippen LogP contribution >= 0.6 is 0 Å². The summed E-state index contributed by atoms with van der Waals surface area (Å²) < 4.78 is 10.2. The Morgan fingerprint density at radius 2 is 2.05 bits per heavy atom. The van der Waals surface area contributed by atoms with Gasteiger partial charge >= 0.3 is 0 Å². The van der Waals surface area contributed by atoms with E-state index in [1.807, 2.05) is 6.92 Å². The topological polar surface area (TPSA) is 85.4 Å². The van der Waals surface area contributed by atoms with Crippen LogP contribution in [0, 0.1) is 0 Å². The molecule has 0 aromatic carbocycles. The number of aromatic nitrogens is 2. The maximum absolute atomic E-state index is 11.8. The van der Waals surface area contributed by atoms with E-state index in [4.69, 9.17) is 9.47 Å². The van der Waals surface area contributed by atoms with Crippen LogP contribution in [0.5, 0.6) is 0 Å². The van der Waals surface area contributed by atoms with Crippen molar-refractivity contribution in [2.45, 2.75) is 19.8 Å². The number of unbranched alkanes of at least 4 members (excludes halogenated alkanes) is 1. The molecule has 0 unspecified atom stereocenters. The summed E-state index contributed by atoms with van der Waals surface area (Å²) in [5.41, 5.74) is 0.327. The van der Waals surface area contributed by atoms with Crippen LogP contribution in [-0.4, -0.2) is 56.1 Å². The van der Waals surface area contributed by atoms with Crippen LogP contribution in [0.15, 0.2) is 12.1 Å². The number of methoxy groups -OCH3 is 1. The molecule has 2 N–H and O–H groups in total. The molecular formula is C14H24N4O3. The van der Waals surface area contributed by atoms with E-state index in [2.05, 4.69) is 20.8 Å². The maximum atomic E-state index is 11.8. The molecule has 1 aromatic rings. The highest BCUT2D eigenvalue weighted by Crippen LogP contribution is 2.01. The minimum atomic E-state index is -0.203. The van der Waals surface area contributed by atoms with Crippen molar-refractivity contribution in [3.63, 3.8) is 0 Å². The van der Waals surface area contributed by atoms with Gasteiger partial charge < -0.3 is 20.1 Å². The van der Waals surface area contributed by atoms with Gasteiger partial charge in [0.15, 0.2) is 5.69 Å². The molecule has 0 aliphatic heterocycles. The molecule has 0 spiro atoms. The van der Waals surface area contributed by atoms with Crippen molar-refractivity contribution in [2.75, 3.05) is 45.3 Å². The smallest absolute Gasteiger partial charge is 0.271 e. The van der Waals surface area contributed by atoms with E-state index >= 15 is 0 Å². The average molecular weight is 296 g/mol. The zero-order chi connectivity index (χ0) is 15.3. The van der Waals surface area contributed by atoms with E-state index in [1.165, 1.54) is 0 Å². The van der Waals surface area contributed by atoms with Gasteiger partial charge in [0.05, 0.1) is 13.2 Å². The number of anilines is 1. The minimum absolute atomic E-state index is 0.203. The second kappa shape index (κ2) is 11.0. The highest BCUT2D eigenvalue weighted by molar-refractivity contribution is 5.92. The Labute approximate surface area is 125 Å². The molecule has 1 aromatic heterocycles. The van der Waals surface area contributed by atoms with Gasteiger partial charge in [0.1, 0.15) is 5.82 Å². The number of nitrogens with one attached hydrogen (secondary N) is 2. The summed E-state index contributed by atoms with van der Waals surface area (Å²) in [5.74, 6) is 0.466. The molecule has 0 aliphatic rings. The van der Waals surface area contributed by atoms with E-state index in [0.717, 1.165) is 19.4 Å². The van der Waals surface area contributed by atoms with Crippen LogP contribution in [-0.2, 0) is 9.47 Å². The first kappa shape index (κ1) is 17.3. The van der Waals surface area contributed by atoms with Crippen LogP contribution in [0.1, 0.15) is 30.3 Å². The lowest BCUT2D eigenvalue weighted by atomic mass is 10.3. The largest absolute Gasteiger partial charge is 0.382 e. The number of carbonyl (C=O) groups excluding carboxylic acids is 1. The number of ether oxygens (including phenoxy) is 2. The number of rotatable bonds is 11. The fourth-order valence-corrected chi connectivity index (χ4v) is 1.59. The number of nitrogens with zero attached hydrogens (tertiary/aromatic N) is 2. The zero-order valence-corrected chi connectivity index (χ0v) is 12.7. The second-order valence-corrected chi connectivity index (χ2v) is 4.40. The van der Waals surface area contributed by atoms with E-state index in [9.17, 15) is 4.79 Å². The van der Waals surface area contributed by atoms with E-state index < -0.39 is 0 Å². The molecule has 118 valence electrons. The fourth-order valence-electron chi connectivity index (χ4n) is 1.59. The van der Waals surface area contributed by atoms with Crippen molar-refractivity contribution in [1.29, 1.82) is 0 Å². The first-order valence-electron chi connectivity index (χ1n) is 7.20. The summed E-state index contributed by atoms with van der Waals surface area (Å²) in [5, 5.41) is 13.6. The molecule has 0 radical (unpaired) electrons. The van der Waals surface area contributed by atoms with Crippen molar-refractivity contribution in [3.05, 3.63) is 17.8 Å². The van der Waals surface area contributed by atoms with Crippen molar-refractivity contribution in [3.8, 4) is 0 Å². The molecule has 0 aliphatic carbocycles. The summed E-state index contributed by atoms with van der Waals surface area (Å²) in [6.45, 7) is 5.24. The molecule has 0 bridgehead atoms. The minimum Gasteiger partial charge on any atom is -0.382 e. The molecule has 1 amide bonds. The third kappa shape index (κ3) is 7.57. The highest BCUT2D eigenvalue weighted by atomic mass is 16.5. The monoisotopic (exact) mass is 296 g/mol. The molecule has 7 nitrogen and oxygen atoms in total. The summed E-state index contributed by atoms with van der Waals surface area (Å²) in [7, 11) is 1.65. The highest BCUT2D eigenvalue weighted by Gasteiger charge is 2.06. The normalized spacial score (nSPS) is 10.4. The molecule has 0 atom stereocenters. The first-order valence-corrected chi connectivity index (χ1v) is 7.20. The third-order valence-electron chi connectivity index (χ3n) is 2.69. The van der Waals surface area contributed by atoms with Gasteiger partial charge in [0, 0.05) is 26.8 Å². The number of hydrogen-bond donors (Lipinski definition) is 2. The number of carbonyl (C=O) groups is 1. The summed E-state index contributed by atoms with van der Waals surface area (Å²) in [6.07, 6.45) is 1.76. The van der Waals surface area contributed by atoms with Gasteiger partial charge in [0.25, 0.3) is 5.91 Å². The Bertz CT molecular complexity index is 398. The average Bonchev–Trinajstić information content (AvgIpc) is 2.51. The van der Waals surface area contributed by atoms with Crippen molar-refractivity contribution in [1.82, 2.24) is 15.5 Å². The van der Waals surface area contributed by atoms with Crippen molar-refractivity contribution < 1.29 is 14.3 Å². The Morgan fingerprint density at radius 1 is 1.19 bits per heavy atom. The van der Waals surface area contributed by atoms with Gasteiger partial charge in [-0.05, 0) is 31.9 Å². The van der Waals surface area contributed by atoms with Gasteiger partial charge in [-0.3, -0.25) is 4.79 Å².